The molecular formula is C22H18ClN3O3. The standard InChI is InChI=1S/C22H18ClN3O3/c23-16-3-1-14(2-4-16)21-12-18-20(29-21)7-9-26(22(18)28)17-5-6-19(25-8-10-27)15(11-17)13-24/h1-7,9,11-13,24-25,27H,8,10H2. The zero-order chi connectivity index (χ0) is 20.4. The first-order valence-corrected chi connectivity index (χ1v) is 9.39. The molecule has 0 atom stereocenters. The summed E-state index contributed by atoms with van der Waals surface area (Å²) in [5.74, 6) is 0.593. The minimum Gasteiger partial charge on any atom is -0.456 e. The number of nitrogens with zero attached hydrogens (tertiary/aromatic N) is 1. The molecule has 3 N–H and O–H groups in total. The molecule has 0 saturated carbocycles. The number of furan rings is 1. The first kappa shape index (κ1) is 19.0. The van der Waals surface area contributed by atoms with Crippen LogP contribution in [-0.2, 0) is 0 Å². The smallest absolute Gasteiger partial charge is 0.266 e. The molecule has 0 amide bonds. The molecule has 0 fully saturated rings. The number of aromatic nitrogens is 1. The number of aliphatic hydroxyl groups is 1. The SMILES string of the molecule is N=Cc1cc(-n2ccc3oc(-c4ccc(Cl)cc4)cc3c2=O)ccc1NCCO. The summed E-state index contributed by atoms with van der Waals surface area (Å²) in [6, 6.07) is 16.0. The summed E-state index contributed by atoms with van der Waals surface area (Å²) < 4.78 is 7.37. The van der Waals surface area contributed by atoms with Crippen LogP contribution < -0.4 is 10.9 Å². The summed E-state index contributed by atoms with van der Waals surface area (Å²) in [4.78, 5) is 13.1. The van der Waals surface area contributed by atoms with Crippen molar-refractivity contribution in [2.24, 2.45) is 0 Å². The molecule has 2 heterocycles. The van der Waals surface area contributed by atoms with E-state index in [1.807, 2.05) is 12.1 Å². The topological polar surface area (TPSA) is 91.2 Å². The highest BCUT2D eigenvalue weighted by atomic mass is 35.5. The van der Waals surface area contributed by atoms with Crippen LogP contribution in [0.1, 0.15) is 5.56 Å². The van der Waals surface area contributed by atoms with Crippen LogP contribution in [0, 0.1) is 5.41 Å². The van der Waals surface area contributed by atoms with Gasteiger partial charge in [0.1, 0.15) is 11.3 Å². The van der Waals surface area contributed by atoms with Gasteiger partial charge in [-0.05, 0) is 54.6 Å². The Morgan fingerprint density at radius 2 is 1.93 bits per heavy atom. The van der Waals surface area contributed by atoms with Crippen molar-refractivity contribution in [3.05, 3.63) is 81.7 Å². The van der Waals surface area contributed by atoms with E-state index >= 15 is 0 Å². The van der Waals surface area contributed by atoms with Gasteiger partial charge < -0.3 is 20.2 Å². The van der Waals surface area contributed by atoms with E-state index in [0.29, 0.717) is 39.5 Å². The van der Waals surface area contributed by atoms with E-state index in [2.05, 4.69) is 5.32 Å². The molecule has 2 aromatic heterocycles. The van der Waals surface area contributed by atoms with E-state index in [4.69, 9.17) is 26.5 Å². The van der Waals surface area contributed by atoms with E-state index in [1.165, 1.54) is 10.8 Å². The van der Waals surface area contributed by atoms with Gasteiger partial charge in [0.15, 0.2) is 0 Å². The predicted molar refractivity (Wildman–Crippen MR) is 116 cm³/mol. The number of rotatable bonds is 6. The van der Waals surface area contributed by atoms with Crippen LogP contribution in [0.2, 0.25) is 5.02 Å². The molecule has 4 rings (SSSR count). The van der Waals surface area contributed by atoms with Crippen molar-refractivity contribution < 1.29 is 9.52 Å². The van der Waals surface area contributed by atoms with Crippen molar-refractivity contribution in [2.75, 3.05) is 18.5 Å². The maximum Gasteiger partial charge on any atom is 0.266 e. The highest BCUT2D eigenvalue weighted by Gasteiger charge is 2.12. The van der Waals surface area contributed by atoms with Crippen molar-refractivity contribution in [3.63, 3.8) is 0 Å². The van der Waals surface area contributed by atoms with Gasteiger partial charge >= 0.3 is 0 Å². The average Bonchev–Trinajstić information content (AvgIpc) is 3.18. The molecule has 7 heteroatoms. The van der Waals surface area contributed by atoms with E-state index in [0.717, 1.165) is 11.3 Å². The molecule has 0 spiro atoms. The number of fused-ring (bicyclic) bond motifs is 1. The first-order valence-electron chi connectivity index (χ1n) is 9.01. The molecule has 0 unspecified atom stereocenters. The molecule has 29 heavy (non-hydrogen) atoms. The lowest BCUT2D eigenvalue weighted by atomic mass is 10.1. The van der Waals surface area contributed by atoms with Crippen molar-refractivity contribution in [3.8, 4) is 17.0 Å². The molecule has 4 aromatic rings. The Morgan fingerprint density at radius 3 is 2.66 bits per heavy atom. The van der Waals surface area contributed by atoms with Crippen LogP contribution in [0.25, 0.3) is 28.0 Å². The Hall–Kier alpha value is -3.35. The highest BCUT2D eigenvalue weighted by Crippen LogP contribution is 2.27. The van der Waals surface area contributed by atoms with Crippen LogP contribution in [0.4, 0.5) is 5.69 Å². The van der Waals surface area contributed by atoms with Gasteiger partial charge in [-0.1, -0.05) is 11.6 Å². The quantitative estimate of drug-likeness (QED) is 0.415. The Morgan fingerprint density at radius 1 is 1.14 bits per heavy atom. The molecule has 0 saturated heterocycles. The second kappa shape index (κ2) is 7.95. The molecule has 146 valence electrons. The second-order valence-electron chi connectivity index (χ2n) is 6.45. The summed E-state index contributed by atoms with van der Waals surface area (Å²) in [5.41, 5.74) is 3.11. The van der Waals surface area contributed by atoms with Crippen LogP contribution in [0.3, 0.4) is 0 Å². The number of nitrogens with one attached hydrogen (secondary N) is 2. The molecule has 0 aliphatic carbocycles. The first-order chi connectivity index (χ1) is 14.1. The molecule has 0 aliphatic heterocycles. The van der Waals surface area contributed by atoms with Crippen LogP contribution >= 0.6 is 11.6 Å². The summed E-state index contributed by atoms with van der Waals surface area (Å²) in [7, 11) is 0. The lowest BCUT2D eigenvalue weighted by Crippen LogP contribution is -2.17. The van der Waals surface area contributed by atoms with E-state index in [-0.39, 0.29) is 12.2 Å². The zero-order valence-corrected chi connectivity index (χ0v) is 16.1. The number of pyridine rings is 1. The van der Waals surface area contributed by atoms with Crippen LogP contribution in [-0.4, -0.2) is 29.0 Å². The average molecular weight is 408 g/mol. The minimum absolute atomic E-state index is 0.00818. The summed E-state index contributed by atoms with van der Waals surface area (Å²) in [6.45, 7) is 0.375. The van der Waals surface area contributed by atoms with Gasteiger partial charge in [0, 0.05) is 46.5 Å². The van der Waals surface area contributed by atoms with Gasteiger partial charge in [-0.2, -0.15) is 0 Å². The third kappa shape index (κ3) is 3.68. The summed E-state index contributed by atoms with van der Waals surface area (Å²) in [6.07, 6.45) is 2.87. The summed E-state index contributed by atoms with van der Waals surface area (Å²) >= 11 is 5.94. The van der Waals surface area contributed by atoms with Gasteiger partial charge in [0.2, 0.25) is 0 Å². The third-order valence-corrected chi connectivity index (χ3v) is 4.86. The van der Waals surface area contributed by atoms with Crippen LogP contribution in [0.15, 0.2) is 70.0 Å². The molecule has 6 nitrogen and oxygen atoms in total. The van der Waals surface area contributed by atoms with Gasteiger partial charge in [0.25, 0.3) is 5.56 Å². The number of halogens is 1. The van der Waals surface area contributed by atoms with E-state index < -0.39 is 0 Å². The zero-order valence-electron chi connectivity index (χ0n) is 15.4. The Kier molecular flexibility index (Phi) is 5.20. The Labute approximate surface area is 171 Å². The normalized spacial score (nSPS) is 11.0. The number of aliphatic hydroxyl groups excluding tert-OH is 1. The largest absolute Gasteiger partial charge is 0.456 e. The molecule has 0 aliphatic rings. The molecular weight excluding hydrogens is 390 g/mol. The fourth-order valence-electron chi connectivity index (χ4n) is 3.17. The monoisotopic (exact) mass is 407 g/mol. The van der Waals surface area contributed by atoms with Gasteiger partial charge in [-0.25, -0.2) is 0 Å². The number of hydrogen-bond acceptors (Lipinski definition) is 5. The number of anilines is 1. The van der Waals surface area contributed by atoms with E-state index in [9.17, 15) is 4.79 Å². The number of hydrogen-bond donors (Lipinski definition) is 3. The lowest BCUT2D eigenvalue weighted by molar-refractivity contribution is 0.311. The van der Waals surface area contributed by atoms with Gasteiger partial charge in [-0.15, -0.1) is 0 Å². The van der Waals surface area contributed by atoms with Crippen LogP contribution in [0.5, 0.6) is 0 Å². The summed E-state index contributed by atoms with van der Waals surface area (Å²) in [5, 5.41) is 20.8. The van der Waals surface area contributed by atoms with Crippen molar-refractivity contribution in [2.45, 2.75) is 0 Å². The van der Waals surface area contributed by atoms with E-state index in [1.54, 1.807) is 48.7 Å². The fourth-order valence-corrected chi connectivity index (χ4v) is 3.29. The Bertz CT molecular complexity index is 1240. The maximum absolute atomic E-state index is 13.1. The lowest BCUT2D eigenvalue weighted by Gasteiger charge is -2.11. The van der Waals surface area contributed by atoms with Crippen molar-refractivity contribution in [1.82, 2.24) is 4.57 Å². The minimum atomic E-state index is -0.210. The second-order valence-corrected chi connectivity index (χ2v) is 6.89. The van der Waals surface area contributed by atoms with Gasteiger partial charge in [0.05, 0.1) is 12.0 Å². The van der Waals surface area contributed by atoms with Crippen molar-refractivity contribution >= 4 is 34.5 Å². The molecule has 0 bridgehead atoms. The fraction of sp³-hybridized carbons (Fsp3) is 0.0909. The highest BCUT2D eigenvalue weighted by molar-refractivity contribution is 6.30. The van der Waals surface area contributed by atoms with Gasteiger partial charge in [-0.3, -0.25) is 9.36 Å². The third-order valence-electron chi connectivity index (χ3n) is 4.61. The maximum atomic E-state index is 13.1. The number of benzene rings is 2. The molecule has 2 aromatic carbocycles. The molecule has 0 radical (unpaired) electrons. The predicted octanol–water partition coefficient (Wildman–Crippen LogP) is 4.31. The van der Waals surface area contributed by atoms with Crippen molar-refractivity contribution in [1.29, 1.82) is 5.41 Å². The Balaban J connectivity index is 1.77.